The number of halogens is 3. The van der Waals surface area contributed by atoms with Gasteiger partial charge in [0.1, 0.15) is 0 Å². The van der Waals surface area contributed by atoms with Gasteiger partial charge in [-0.2, -0.15) is 18.3 Å². The Labute approximate surface area is 165 Å². The van der Waals surface area contributed by atoms with E-state index in [4.69, 9.17) is 5.73 Å². The molecule has 0 radical (unpaired) electrons. The second kappa shape index (κ2) is 6.32. The van der Waals surface area contributed by atoms with Gasteiger partial charge in [0.05, 0.1) is 6.20 Å². The maximum absolute atomic E-state index is 14.1. The van der Waals surface area contributed by atoms with E-state index in [1.807, 2.05) is 13.8 Å². The summed E-state index contributed by atoms with van der Waals surface area (Å²) in [5, 5.41) is 15.2. The van der Waals surface area contributed by atoms with E-state index in [2.05, 4.69) is 5.10 Å². The van der Waals surface area contributed by atoms with Gasteiger partial charge in [-0.05, 0) is 42.7 Å². The number of aromatic nitrogens is 2. The van der Waals surface area contributed by atoms with Crippen LogP contribution in [0.3, 0.4) is 0 Å². The lowest BCUT2D eigenvalue weighted by atomic mass is 9.80. The average Bonchev–Trinajstić information content (AvgIpc) is 3.24. The topological polar surface area (TPSA) is 81.1 Å². The lowest BCUT2D eigenvalue weighted by Crippen LogP contribution is -2.46. The van der Waals surface area contributed by atoms with Crippen molar-refractivity contribution in [1.29, 1.82) is 0 Å². The highest BCUT2D eigenvalue weighted by molar-refractivity contribution is 5.97. The normalized spacial score (nSPS) is 25.3. The number of primary amides is 1. The second-order valence-electron chi connectivity index (χ2n) is 7.74. The van der Waals surface area contributed by atoms with Gasteiger partial charge in [0.25, 0.3) is 0 Å². The molecule has 2 aromatic rings. The summed E-state index contributed by atoms with van der Waals surface area (Å²) < 4.78 is 44.1. The first-order valence-electron chi connectivity index (χ1n) is 9.22. The summed E-state index contributed by atoms with van der Waals surface area (Å²) in [6.45, 7) is 3.83. The molecule has 0 bridgehead atoms. The van der Waals surface area contributed by atoms with Crippen LogP contribution in [0.4, 0.5) is 13.2 Å². The number of rotatable bonds is 3. The molecule has 0 saturated heterocycles. The minimum Gasteiger partial charge on any atom is -0.376 e. The van der Waals surface area contributed by atoms with E-state index in [1.54, 1.807) is 23.0 Å². The zero-order valence-corrected chi connectivity index (χ0v) is 15.8. The standard InChI is InChI=1S/C21H20F3N3O2/c1-11(2)27-10-13(9-26-27)12-7-15(19(25)28)18-14-5-3-4-6-16(14)20(29,17(18)8-12)21(22,23)24/h3-11,14,16,29H,1-2H3,(H2,25,28). The predicted molar refractivity (Wildman–Crippen MR) is 101 cm³/mol. The fourth-order valence-electron chi connectivity index (χ4n) is 4.27. The summed E-state index contributed by atoms with van der Waals surface area (Å²) >= 11 is 0. The zero-order chi connectivity index (χ0) is 21.1. The number of nitrogens with two attached hydrogens (primary N) is 1. The molecule has 1 aromatic carbocycles. The third-order valence-electron chi connectivity index (χ3n) is 5.70. The Morgan fingerprint density at radius 1 is 1.24 bits per heavy atom. The molecular formula is C21H20F3N3O2. The first kappa shape index (κ1) is 19.4. The van der Waals surface area contributed by atoms with Crippen molar-refractivity contribution >= 4 is 5.91 Å². The molecule has 5 nitrogen and oxygen atoms in total. The number of nitrogens with zero attached hydrogens (tertiary/aromatic N) is 2. The Balaban J connectivity index is 2.01. The van der Waals surface area contributed by atoms with E-state index >= 15 is 0 Å². The van der Waals surface area contributed by atoms with Crippen LogP contribution in [-0.2, 0) is 5.60 Å². The third-order valence-corrected chi connectivity index (χ3v) is 5.70. The van der Waals surface area contributed by atoms with Gasteiger partial charge in [-0.1, -0.05) is 24.3 Å². The van der Waals surface area contributed by atoms with Crippen LogP contribution in [0.5, 0.6) is 0 Å². The van der Waals surface area contributed by atoms with Crippen LogP contribution in [0.1, 0.15) is 47.3 Å². The summed E-state index contributed by atoms with van der Waals surface area (Å²) in [5.41, 5.74) is 3.07. The van der Waals surface area contributed by atoms with Gasteiger partial charge >= 0.3 is 6.18 Å². The fourth-order valence-corrected chi connectivity index (χ4v) is 4.27. The summed E-state index contributed by atoms with van der Waals surface area (Å²) in [4.78, 5) is 12.2. The maximum Gasteiger partial charge on any atom is 0.422 e. The van der Waals surface area contributed by atoms with Gasteiger partial charge in [0.2, 0.25) is 5.91 Å². The molecular weight excluding hydrogens is 383 g/mol. The molecule has 29 heavy (non-hydrogen) atoms. The first-order chi connectivity index (χ1) is 13.6. The molecule has 2 aliphatic carbocycles. The Morgan fingerprint density at radius 3 is 2.52 bits per heavy atom. The van der Waals surface area contributed by atoms with Gasteiger partial charge in [-0.25, -0.2) is 0 Å². The highest BCUT2D eigenvalue weighted by atomic mass is 19.4. The lowest BCUT2D eigenvalue weighted by Gasteiger charge is -2.33. The van der Waals surface area contributed by atoms with E-state index in [0.717, 1.165) is 0 Å². The van der Waals surface area contributed by atoms with Crippen LogP contribution in [0.2, 0.25) is 0 Å². The number of carbonyl (C=O) groups excluding carboxylic acids is 1. The molecule has 4 rings (SSSR count). The van der Waals surface area contributed by atoms with Gasteiger partial charge in [-0.3, -0.25) is 9.48 Å². The molecule has 152 valence electrons. The van der Waals surface area contributed by atoms with Crippen molar-refractivity contribution in [3.8, 4) is 11.1 Å². The number of benzene rings is 1. The molecule has 3 unspecified atom stereocenters. The van der Waals surface area contributed by atoms with Crippen molar-refractivity contribution in [2.24, 2.45) is 11.7 Å². The number of amides is 1. The predicted octanol–water partition coefficient (Wildman–Crippen LogP) is 3.82. The molecule has 3 N–H and O–H groups in total. The smallest absolute Gasteiger partial charge is 0.376 e. The molecule has 0 fully saturated rings. The molecule has 0 spiro atoms. The minimum absolute atomic E-state index is 0.0232. The minimum atomic E-state index is -4.94. The first-order valence-corrected chi connectivity index (χ1v) is 9.22. The van der Waals surface area contributed by atoms with Crippen LogP contribution >= 0.6 is 0 Å². The van der Waals surface area contributed by atoms with Crippen molar-refractivity contribution in [1.82, 2.24) is 9.78 Å². The molecule has 8 heteroatoms. The lowest BCUT2D eigenvalue weighted by molar-refractivity contribution is -0.278. The monoisotopic (exact) mass is 403 g/mol. The number of carbonyl (C=O) groups is 1. The summed E-state index contributed by atoms with van der Waals surface area (Å²) in [6, 6.07) is 2.84. The van der Waals surface area contributed by atoms with E-state index in [9.17, 15) is 23.1 Å². The number of allylic oxidation sites excluding steroid dienone is 3. The highest BCUT2D eigenvalue weighted by Crippen LogP contribution is 2.59. The number of alkyl halides is 3. The third kappa shape index (κ3) is 2.73. The molecule has 1 aromatic heterocycles. The maximum atomic E-state index is 14.1. The largest absolute Gasteiger partial charge is 0.422 e. The number of fused-ring (bicyclic) bond motifs is 3. The Hall–Kier alpha value is -2.87. The average molecular weight is 403 g/mol. The van der Waals surface area contributed by atoms with Crippen LogP contribution in [0.15, 0.2) is 48.8 Å². The van der Waals surface area contributed by atoms with Gasteiger partial charge in [0.15, 0.2) is 5.60 Å². The van der Waals surface area contributed by atoms with Crippen LogP contribution in [0.25, 0.3) is 11.1 Å². The molecule has 0 saturated carbocycles. The van der Waals surface area contributed by atoms with E-state index < -0.39 is 29.5 Å². The summed E-state index contributed by atoms with van der Waals surface area (Å²) in [5.74, 6) is -2.90. The highest BCUT2D eigenvalue weighted by Gasteiger charge is 2.65. The van der Waals surface area contributed by atoms with Crippen molar-refractivity contribution in [3.05, 3.63) is 65.5 Å². The summed E-state index contributed by atoms with van der Waals surface area (Å²) in [6.07, 6.45) is 4.24. The van der Waals surface area contributed by atoms with Crippen LogP contribution in [0, 0.1) is 5.92 Å². The molecule has 0 aliphatic heterocycles. The summed E-state index contributed by atoms with van der Waals surface area (Å²) in [7, 11) is 0. The van der Waals surface area contributed by atoms with Gasteiger partial charge < -0.3 is 10.8 Å². The van der Waals surface area contributed by atoms with Gasteiger partial charge in [0, 0.05) is 35.2 Å². The fraction of sp³-hybridized carbons (Fsp3) is 0.333. The molecule has 2 aliphatic rings. The Kier molecular flexibility index (Phi) is 4.24. The van der Waals surface area contributed by atoms with Crippen molar-refractivity contribution in [2.45, 2.75) is 37.6 Å². The van der Waals surface area contributed by atoms with Crippen molar-refractivity contribution in [2.75, 3.05) is 0 Å². The Morgan fingerprint density at radius 2 is 1.93 bits per heavy atom. The van der Waals surface area contributed by atoms with E-state index in [0.29, 0.717) is 11.1 Å². The van der Waals surface area contributed by atoms with Gasteiger partial charge in [-0.15, -0.1) is 0 Å². The Bertz CT molecular complexity index is 1050. The van der Waals surface area contributed by atoms with Crippen LogP contribution < -0.4 is 5.73 Å². The molecule has 3 atom stereocenters. The number of hydrogen-bond acceptors (Lipinski definition) is 3. The van der Waals surface area contributed by atoms with Crippen molar-refractivity contribution in [3.63, 3.8) is 0 Å². The van der Waals surface area contributed by atoms with Crippen LogP contribution in [-0.4, -0.2) is 27.0 Å². The quantitative estimate of drug-likeness (QED) is 0.818. The van der Waals surface area contributed by atoms with Crippen molar-refractivity contribution < 1.29 is 23.1 Å². The SMILES string of the molecule is CC(C)n1cc(-c2cc(C(N)=O)c3c(c2)C(O)(C(F)(F)F)C2C=CC=CC32)cn1. The molecule has 1 heterocycles. The van der Waals surface area contributed by atoms with E-state index in [1.165, 1.54) is 30.5 Å². The number of hydrogen-bond donors (Lipinski definition) is 2. The zero-order valence-electron chi connectivity index (χ0n) is 15.8. The molecule has 1 amide bonds. The van der Waals surface area contributed by atoms with E-state index in [-0.39, 0.29) is 22.7 Å². The second-order valence-corrected chi connectivity index (χ2v) is 7.74. The number of aliphatic hydroxyl groups is 1.